The van der Waals surface area contributed by atoms with Crippen molar-refractivity contribution in [1.29, 1.82) is 0 Å². The Balaban J connectivity index is 1.28. The number of para-hydroxylation sites is 1. The zero-order valence-electron chi connectivity index (χ0n) is 17.7. The Morgan fingerprint density at radius 1 is 1.12 bits per heavy atom. The van der Waals surface area contributed by atoms with Crippen LogP contribution in [0.4, 0.5) is 5.13 Å². The number of aromatic nitrogens is 1. The molecule has 1 N–H and O–H groups in total. The van der Waals surface area contributed by atoms with Crippen LogP contribution in [0.5, 0.6) is 5.75 Å². The van der Waals surface area contributed by atoms with Crippen LogP contribution in [0.25, 0.3) is 11.3 Å². The number of likely N-dealkylation sites (tertiary alicyclic amines) is 1. The van der Waals surface area contributed by atoms with Crippen LogP contribution in [0.3, 0.4) is 0 Å². The van der Waals surface area contributed by atoms with E-state index in [2.05, 4.69) is 10.3 Å². The molecule has 0 spiro atoms. The van der Waals surface area contributed by atoms with Crippen molar-refractivity contribution in [3.63, 3.8) is 0 Å². The van der Waals surface area contributed by atoms with Crippen LogP contribution >= 0.6 is 22.9 Å². The molecule has 0 radical (unpaired) electrons. The fourth-order valence-corrected chi connectivity index (χ4v) is 4.64. The number of anilines is 1. The van der Waals surface area contributed by atoms with Crippen molar-refractivity contribution in [3.05, 3.63) is 64.5 Å². The summed E-state index contributed by atoms with van der Waals surface area (Å²) >= 11 is 7.43. The first kappa shape index (κ1) is 22.3. The van der Waals surface area contributed by atoms with E-state index in [9.17, 15) is 9.59 Å². The zero-order valence-corrected chi connectivity index (χ0v) is 19.3. The van der Waals surface area contributed by atoms with Crippen molar-refractivity contribution in [3.8, 4) is 17.0 Å². The molecule has 0 unspecified atom stereocenters. The zero-order chi connectivity index (χ0) is 22.5. The van der Waals surface area contributed by atoms with Crippen LogP contribution in [-0.4, -0.2) is 41.4 Å². The van der Waals surface area contributed by atoms with Gasteiger partial charge in [0.25, 0.3) is 5.91 Å². The highest BCUT2D eigenvalue weighted by atomic mass is 35.5. The van der Waals surface area contributed by atoms with Gasteiger partial charge in [0, 0.05) is 34.5 Å². The lowest BCUT2D eigenvalue weighted by Gasteiger charge is -2.31. The van der Waals surface area contributed by atoms with E-state index >= 15 is 0 Å². The molecule has 1 saturated heterocycles. The minimum atomic E-state index is -0.141. The number of nitrogens with zero attached hydrogens (tertiary/aromatic N) is 2. The van der Waals surface area contributed by atoms with E-state index < -0.39 is 0 Å². The van der Waals surface area contributed by atoms with Crippen molar-refractivity contribution in [1.82, 2.24) is 9.88 Å². The normalized spacial score (nSPS) is 14.2. The van der Waals surface area contributed by atoms with E-state index in [0.29, 0.717) is 41.8 Å². The summed E-state index contributed by atoms with van der Waals surface area (Å²) in [7, 11) is 0. The number of carbonyl (C=O) groups is 2. The average molecular weight is 470 g/mol. The Kier molecular flexibility index (Phi) is 7.07. The summed E-state index contributed by atoms with van der Waals surface area (Å²) in [6.45, 7) is 3.08. The summed E-state index contributed by atoms with van der Waals surface area (Å²) < 4.78 is 5.55. The number of amides is 2. The average Bonchev–Trinajstić information content (AvgIpc) is 3.18. The minimum absolute atomic E-state index is 0.00669. The molecule has 2 amide bonds. The highest BCUT2D eigenvalue weighted by Crippen LogP contribution is 2.31. The molecule has 32 heavy (non-hydrogen) atoms. The van der Waals surface area contributed by atoms with E-state index in [4.69, 9.17) is 16.3 Å². The molecule has 166 valence electrons. The Bertz CT molecular complexity index is 1080. The molecule has 3 aromatic rings. The number of aryl methyl sites for hydroxylation is 1. The number of hydrogen-bond acceptors (Lipinski definition) is 5. The standard InChI is InChI=1S/C24H24ClN3O3S/c1-16-22(17-7-9-19(25)10-8-17)26-24(32-16)27-23(30)18-11-13-28(14-12-18)21(29)15-31-20-5-3-2-4-6-20/h2-10,18H,11-15H2,1H3,(H,26,27,30). The maximum absolute atomic E-state index is 12.8. The van der Waals surface area contributed by atoms with Crippen molar-refractivity contribution in [2.75, 3.05) is 25.0 Å². The largest absolute Gasteiger partial charge is 0.484 e. The van der Waals surface area contributed by atoms with Crippen LogP contribution in [0.1, 0.15) is 17.7 Å². The van der Waals surface area contributed by atoms with Crippen molar-refractivity contribution < 1.29 is 14.3 Å². The molecular weight excluding hydrogens is 446 g/mol. The quantitative estimate of drug-likeness (QED) is 0.549. The van der Waals surface area contributed by atoms with Crippen LogP contribution in [0.2, 0.25) is 5.02 Å². The van der Waals surface area contributed by atoms with Gasteiger partial charge in [0.1, 0.15) is 5.75 Å². The van der Waals surface area contributed by atoms with Gasteiger partial charge in [-0.05, 0) is 44.0 Å². The molecule has 4 rings (SSSR count). The number of piperidine rings is 1. The third-order valence-corrected chi connectivity index (χ3v) is 6.61. The first-order chi connectivity index (χ1) is 15.5. The summed E-state index contributed by atoms with van der Waals surface area (Å²) in [5, 5.41) is 4.22. The molecule has 0 saturated carbocycles. The van der Waals surface area contributed by atoms with Crippen LogP contribution in [0, 0.1) is 12.8 Å². The number of hydrogen-bond donors (Lipinski definition) is 1. The molecule has 0 aliphatic carbocycles. The van der Waals surface area contributed by atoms with E-state index in [0.717, 1.165) is 16.1 Å². The van der Waals surface area contributed by atoms with Crippen LogP contribution < -0.4 is 10.1 Å². The third-order valence-electron chi connectivity index (χ3n) is 5.47. The lowest BCUT2D eigenvalue weighted by Crippen LogP contribution is -2.43. The number of thiazole rings is 1. The molecule has 1 aromatic heterocycles. The molecule has 8 heteroatoms. The van der Waals surface area contributed by atoms with Gasteiger partial charge in [-0.1, -0.05) is 41.9 Å². The van der Waals surface area contributed by atoms with Crippen LogP contribution in [0.15, 0.2) is 54.6 Å². The first-order valence-corrected chi connectivity index (χ1v) is 11.7. The molecule has 0 bridgehead atoms. The second kappa shape index (κ2) is 10.1. The number of nitrogens with one attached hydrogen (secondary N) is 1. The van der Waals surface area contributed by atoms with Crippen molar-refractivity contribution in [2.45, 2.75) is 19.8 Å². The van der Waals surface area contributed by atoms with Gasteiger partial charge in [-0.2, -0.15) is 0 Å². The molecule has 1 fully saturated rings. The summed E-state index contributed by atoms with van der Waals surface area (Å²) in [6.07, 6.45) is 1.24. The molecule has 2 heterocycles. The Morgan fingerprint density at radius 3 is 2.50 bits per heavy atom. The summed E-state index contributed by atoms with van der Waals surface area (Å²) in [4.78, 5) is 32.6. The summed E-state index contributed by atoms with van der Waals surface area (Å²) in [5.74, 6) is 0.425. The first-order valence-electron chi connectivity index (χ1n) is 10.5. The predicted octanol–water partition coefficient (Wildman–Crippen LogP) is 5.03. The van der Waals surface area contributed by atoms with Gasteiger partial charge in [-0.15, -0.1) is 11.3 Å². The van der Waals surface area contributed by atoms with Gasteiger partial charge in [0.2, 0.25) is 5.91 Å². The lowest BCUT2D eigenvalue weighted by atomic mass is 9.96. The number of benzene rings is 2. The second-order valence-electron chi connectivity index (χ2n) is 7.68. The highest BCUT2D eigenvalue weighted by molar-refractivity contribution is 7.16. The van der Waals surface area contributed by atoms with Gasteiger partial charge in [-0.3, -0.25) is 9.59 Å². The monoisotopic (exact) mass is 469 g/mol. The Labute approximate surface area is 196 Å². The number of ether oxygens (including phenoxy) is 1. The minimum Gasteiger partial charge on any atom is -0.484 e. The van der Waals surface area contributed by atoms with Crippen molar-refractivity contribution in [2.24, 2.45) is 5.92 Å². The summed E-state index contributed by atoms with van der Waals surface area (Å²) in [5.41, 5.74) is 1.81. The molecule has 6 nitrogen and oxygen atoms in total. The maximum atomic E-state index is 12.8. The van der Waals surface area contributed by atoms with E-state index in [-0.39, 0.29) is 24.3 Å². The number of rotatable bonds is 6. The van der Waals surface area contributed by atoms with Gasteiger partial charge < -0.3 is 15.0 Å². The highest BCUT2D eigenvalue weighted by Gasteiger charge is 2.28. The fraction of sp³-hybridized carbons (Fsp3) is 0.292. The summed E-state index contributed by atoms with van der Waals surface area (Å²) in [6, 6.07) is 16.8. The smallest absolute Gasteiger partial charge is 0.260 e. The predicted molar refractivity (Wildman–Crippen MR) is 127 cm³/mol. The molecular formula is C24H24ClN3O3S. The molecule has 2 aromatic carbocycles. The van der Waals surface area contributed by atoms with Crippen LogP contribution in [-0.2, 0) is 9.59 Å². The fourth-order valence-electron chi connectivity index (χ4n) is 3.68. The Morgan fingerprint density at radius 2 is 1.81 bits per heavy atom. The van der Waals surface area contributed by atoms with Gasteiger partial charge in [-0.25, -0.2) is 4.98 Å². The van der Waals surface area contributed by atoms with Crippen molar-refractivity contribution >= 4 is 39.9 Å². The number of halogens is 1. The van der Waals surface area contributed by atoms with E-state index in [1.54, 1.807) is 4.90 Å². The number of carbonyl (C=O) groups excluding carboxylic acids is 2. The van der Waals surface area contributed by atoms with E-state index in [1.807, 2.05) is 61.5 Å². The lowest BCUT2D eigenvalue weighted by molar-refractivity contribution is -0.136. The molecule has 0 atom stereocenters. The van der Waals surface area contributed by atoms with Gasteiger partial charge in [0.05, 0.1) is 5.69 Å². The van der Waals surface area contributed by atoms with Gasteiger partial charge in [0.15, 0.2) is 11.7 Å². The topological polar surface area (TPSA) is 71.5 Å². The Hall–Kier alpha value is -2.90. The third kappa shape index (κ3) is 5.47. The molecule has 1 aliphatic heterocycles. The molecule has 1 aliphatic rings. The maximum Gasteiger partial charge on any atom is 0.260 e. The van der Waals surface area contributed by atoms with Gasteiger partial charge >= 0.3 is 0 Å². The second-order valence-corrected chi connectivity index (χ2v) is 9.32. The van der Waals surface area contributed by atoms with E-state index in [1.165, 1.54) is 11.3 Å². The SMILES string of the molecule is Cc1sc(NC(=O)C2CCN(C(=O)COc3ccccc3)CC2)nc1-c1ccc(Cl)cc1.